The van der Waals surface area contributed by atoms with Crippen molar-refractivity contribution >= 4 is 39.1 Å². The normalized spacial score (nSPS) is 10.5. The Hall–Kier alpha value is -2.47. The number of aryl methyl sites for hydroxylation is 2. The van der Waals surface area contributed by atoms with Gasteiger partial charge in [-0.3, -0.25) is 0 Å². The minimum atomic E-state index is -0.272. The molecule has 4 nitrogen and oxygen atoms in total. The zero-order chi connectivity index (χ0) is 17.1. The monoisotopic (exact) mass is 386 g/mol. The number of hydrogen-bond acceptors (Lipinski definition) is 4. The molecule has 2 N–H and O–H groups in total. The fourth-order valence-corrected chi connectivity index (χ4v) is 2.80. The Labute approximate surface area is 148 Å². The highest BCUT2D eigenvalue weighted by molar-refractivity contribution is 9.10. The zero-order valence-corrected chi connectivity index (χ0v) is 14.9. The first kappa shape index (κ1) is 16.4. The van der Waals surface area contributed by atoms with E-state index in [1.54, 1.807) is 12.1 Å². The van der Waals surface area contributed by atoms with Gasteiger partial charge in [-0.05, 0) is 71.7 Å². The van der Waals surface area contributed by atoms with Gasteiger partial charge in [-0.2, -0.15) is 4.98 Å². The number of hydrogen-bond donors (Lipinski definition) is 2. The fraction of sp³-hybridized carbons (Fsp3) is 0.111. The molecule has 0 aliphatic rings. The lowest BCUT2D eigenvalue weighted by molar-refractivity contribution is 0.628. The molecule has 0 saturated heterocycles. The van der Waals surface area contributed by atoms with Crippen LogP contribution in [-0.2, 0) is 0 Å². The van der Waals surface area contributed by atoms with Crippen molar-refractivity contribution in [2.24, 2.45) is 0 Å². The van der Waals surface area contributed by atoms with E-state index in [-0.39, 0.29) is 5.82 Å². The third-order valence-electron chi connectivity index (χ3n) is 3.34. The third kappa shape index (κ3) is 4.08. The van der Waals surface area contributed by atoms with Crippen molar-refractivity contribution in [1.29, 1.82) is 0 Å². The lowest BCUT2D eigenvalue weighted by Crippen LogP contribution is -2.03. The Balaban J connectivity index is 1.84. The molecule has 3 rings (SSSR count). The predicted molar refractivity (Wildman–Crippen MR) is 98.6 cm³/mol. The minimum absolute atomic E-state index is 0.272. The number of nitrogens with zero attached hydrogens (tertiary/aromatic N) is 2. The van der Waals surface area contributed by atoms with Crippen LogP contribution in [0.15, 0.2) is 53.0 Å². The summed E-state index contributed by atoms with van der Waals surface area (Å²) in [5, 5.41) is 6.36. The second-order valence-corrected chi connectivity index (χ2v) is 6.31. The summed E-state index contributed by atoms with van der Waals surface area (Å²) in [5.41, 5.74) is 3.63. The van der Waals surface area contributed by atoms with E-state index in [9.17, 15) is 4.39 Å². The highest BCUT2D eigenvalue weighted by Gasteiger charge is 2.06. The van der Waals surface area contributed by atoms with Crippen molar-refractivity contribution in [3.8, 4) is 0 Å². The van der Waals surface area contributed by atoms with Crippen LogP contribution in [0.5, 0.6) is 0 Å². The minimum Gasteiger partial charge on any atom is -0.340 e. The summed E-state index contributed by atoms with van der Waals surface area (Å²) in [6.07, 6.45) is 0. The van der Waals surface area contributed by atoms with Gasteiger partial charge in [-0.15, -0.1) is 0 Å². The van der Waals surface area contributed by atoms with Crippen molar-refractivity contribution < 1.29 is 4.39 Å². The summed E-state index contributed by atoms with van der Waals surface area (Å²) in [6.45, 7) is 3.93. The van der Waals surface area contributed by atoms with Crippen molar-refractivity contribution in [3.63, 3.8) is 0 Å². The second-order valence-electron chi connectivity index (χ2n) is 5.46. The zero-order valence-electron chi connectivity index (χ0n) is 13.3. The number of aromatic nitrogens is 2. The van der Waals surface area contributed by atoms with E-state index < -0.39 is 0 Å². The van der Waals surface area contributed by atoms with E-state index in [0.29, 0.717) is 11.8 Å². The first-order valence-electron chi connectivity index (χ1n) is 7.41. The van der Waals surface area contributed by atoms with Crippen LogP contribution in [0, 0.1) is 19.7 Å². The molecule has 0 saturated carbocycles. The molecule has 1 aromatic heterocycles. The molecular weight excluding hydrogens is 371 g/mol. The molecule has 0 unspecified atom stereocenters. The molecule has 0 aliphatic carbocycles. The highest BCUT2D eigenvalue weighted by atomic mass is 79.9. The van der Waals surface area contributed by atoms with Crippen molar-refractivity contribution in [2.75, 3.05) is 10.6 Å². The summed E-state index contributed by atoms with van der Waals surface area (Å²) in [5.74, 6) is 0.856. The van der Waals surface area contributed by atoms with Crippen LogP contribution < -0.4 is 10.6 Å². The number of rotatable bonds is 4. The highest BCUT2D eigenvalue weighted by Crippen LogP contribution is 2.26. The van der Waals surface area contributed by atoms with Gasteiger partial charge in [0.15, 0.2) is 0 Å². The summed E-state index contributed by atoms with van der Waals surface area (Å²) in [7, 11) is 0. The van der Waals surface area contributed by atoms with Crippen molar-refractivity contribution in [3.05, 3.63) is 70.1 Å². The van der Waals surface area contributed by atoms with Gasteiger partial charge in [0.2, 0.25) is 5.95 Å². The average molecular weight is 387 g/mol. The van der Waals surface area contributed by atoms with Crippen LogP contribution in [0.3, 0.4) is 0 Å². The SMILES string of the molecule is Cc1ccc(Nc2nc(C)cc(Nc3ccc(F)cc3)n2)c(Br)c1. The molecule has 0 radical (unpaired) electrons. The molecule has 6 heteroatoms. The van der Waals surface area contributed by atoms with Gasteiger partial charge in [-0.25, -0.2) is 9.37 Å². The van der Waals surface area contributed by atoms with Gasteiger partial charge in [-0.1, -0.05) is 6.07 Å². The van der Waals surface area contributed by atoms with Gasteiger partial charge in [0.1, 0.15) is 11.6 Å². The van der Waals surface area contributed by atoms with E-state index in [0.717, 1.165) is 27.1 Å². The maximum absolute atomic E-state index is 13.0. The molecule has 0 atom stereocenters. The Bertz CT molecular complexity index is 865. The summed E-state index contributed by atoms with van der Waals surface area (Å²) < 4.78 is 13.9. The van der Waals surface area contributed by atoms with E-state index >= 15 is 0 Å². The van der Waals surface area contributed by atoms with Gasteiger partial charge < -0.3 is 10.6 Å². The fourth-order valence-electron chi connectivity index (χ4n) is 2.21. The molecule has 0 fully saturated rings. The maximum atomic E-state index is 13.0. The Morgan fingerprint density at radius 3 is 2.38 bits per heavy atom. The maximum Gasteiger partial charge on any atom is 0.229 e. The van der Waals surface area contributed by atoms with E-state index in [1.807, 2.05) is 38.1 Å². The largest absolute Gasteiger partial charge is 0.340 e. The van der Waals surface area contributed by atoms with Gasteiger partial charge in [0.05, 0.1) is 5.69 Å². The second kappa shape index (κ2) is 6.97. The van der Waals surface area contributed by atoms with E-state index in [2.05, 4.69) is 36.5 Å². The summed E-state index contributed by atoms with van der Waals surface area (Å²) in [6, 6.07) is 14.0. The lowest BCUT2D eigenvalue weighted by atomic mass is 10.2. The number of benzene rings is 2. The topological polar surface area (TPSA) is 49.8 Å². The number of anilines is 4. The Morgan fingerprint density at radius 1 is 0.917 bits per heavy atom. The van der Waals surface area contributed by atoms with Crippen LogP contribution in [0.1, 0.15) is 11.3 Å². The first-order chi connectivity index (χ1) is 11.5. The predicted octanol–water partition coefficient (Wildman–Crippen LogP) is 5.48. The average Bonchev–Trinajstić information content (AvgIpc) is 2.52. The molecule has 24 heavy (non-hydrogen) atoms. The van der Waals surface area contributed by atoms with Crippen molar-refractivity contribution in [1.82, 2.24) is 9.97 Å². The molecule has 3 aromatic rings. The van der Waals surface area contributed by atoms with Crippen LogP contribution in [0.25, 0.3) is 0 Å². The Morgan fingerprint density at radius 2 is 1.67 bits per heavy atom. The molecular formula is C18H16BrFN4. The number of halogens is 2. The van der Waals surface area contributed by atoms with Crippen LogP contribution in [0.4, 0.5) is 27.5 Å². The molecule has 1 heterocycles. The molecule has 0 aliphatic heterocycles. The van der Waals surface area contributed by atoms with Gasteiger partial charge in [0.25, 0.3) is 0 Å². The lowest BCUT2D eigenvalue weighted by Gasteiger charge is -2.11. The molecule has 0 bridgehead atoms. The summed E-state index contributed by atoms with van der Waals surface area (Å²) in [4.78, 5) is 8.87. The van der Waals surface area contributed by atoms with E-state index in [4.69, 9.17) is 0 Å². The van der Waals surface area contributed by atoms with Crippen LogP contribution >= 0.6 is 15.9 Å². The van der Waals surface area contributed by atoms with Crippen molar-refractivity contribution in [2.45, 2.75) is 13.8 Å². The quantitative estimate of drug-likeness (QED) is 0.622. The smallest absolute Gasteiger partial charge is 0.229 e. The molecule has 2 aromatic carbocycles. The standard InChI is InChI=1S/C18H16BrFN4/c1-11-3-8-16(15(19)9-11)23-18-21-12(2)10-17(24-18)22-14-6-4-13(20)5-7-14/h3-10H,1-2H3,(H2,21,22,23,24). The van der Waals surface area contributed by atoms with E-state index in [1.165, 1.54) is 12.1 Å². The van der Waals surface area contributed by atoms with Crippen LogP contribution in [0.2, 0.25) is 0 Å². The molecule has 0 spiro atoms. The molecule has 122 valence electrons. The van der Waals surface area contributed by atoms with Gasteiger partial charge >= 0.3 is 0 Å². The third-order valence-corrected chi connectivity index (χ3v) is 4.00. The first-order valence-corrected chi connectivity index (χ1v) is 8.20. The molecule has 0 amide bonds. The van der Waals surface area contributed by atoms with Gasteiger partial charge in [0, 0.05) is 21.9 Å². The number of nitrogens with one attached hydrogen (secondary N) is 2. The van der Waals surface area contributed by atoms with Crippen LogP contribution in [-0.4, -0.2) is 9.97 Å². The Kier molecular flexibility index (Phi) is 4.76. The summed E-state index contributed by atoms with van der Waals surface area (Å²) >= 11 is 3.53.